The summed E-state index contributed by atoms with van der Waals surface area (Å²) in [4.78, 5) is 9.71. The van der Waals surface area contributed by atoms with E-state index in [0.29, 0.717) is 31.1 Å². The second-order valence-electron chi connectivity index (χ2n) is 7.39. The van der Waals surface area contributed by atoms with Crippen LogP contribution in [0.2, 0.25) is 5.15 Å². The molecule has 0 bridgehead atoms. The molecule has 0 saturated carbocycles. The fraction of sp³-hybridized carbons (Fsp3) is 0.389. The second kappa shape index (κ2) is 7.38. The van der Waals surface area contributed by atoms with E-state index in [0.717, 1.165) is 23.6 Å². The zero-order chi connectivity index (χ0) is 21.8. The van der Waals surface area contributed by atoms with Gasteiger partial charge in [-0.15, -0.1) is 5.10 Å². The molecule has 3 heterocycles. The van der Waals surface area contributed by atoms with Crippen molar-refractivity contribution in [2.24, 2.45) is 5.92 Å². The van der Waals surface area contributed by atoms with E-state index in [-0.39, 0.29) is 22.3 Å². The Balaban J connectivity index is 2.07. The zero-order valence-corrected chi connectivity index (χ0v) is 17.6. The normalized spacial score (nSPS) is 15.9. The number of rotatable bonds is 3. The van der Waals surface area contributed by atoms with Crippen molar-refractivity contribution in [3.63, 3.8) is 0 Å². The largest absolute Gasteiger partial charge is 0.356 e. The third-order valence-electron chi connectivity index (χ3n) is 5.07. The lowest BCUT2D eigenvalue weighted by Gasteiger charge is -2.33. The fourth-order valence-corrected chi connectivity index (χ4v) is 4.24. The van der Waals surface area contributed by atoms with Crippen LogP contribution in [0.4, 0.5) is 19.0 Å². The molecule has 160 valence electrons. The number of sulfone groups is 1. The molecule has 1 saturated heterocycles. The Bertz CT molecular complexity index is 1230. The van der Waals surface area contributed by atoms with Crippen molar-refractivity contribution in [3.8, 4) is 11.1 Å². The molecular formula is C18H17ClF3N5O2S. The molecule has 1 fully saturated rings. The van der Waals surface area contributed by atoms with Gasteiger partial charge in [0.05, 0.1) is 11.1 Å². The summed E-state index contributed by atoms with van der Waals surface area (Å²) in [5, 5.41) is 3.23. The lowest BCUT2D eigenvalue weighted by atomic mass is 9.98. The quantitative estimate of drug-likeness (QED) is 0.558. The molecular weight excluding hydrogens is 443 g/mol. The Morgan fingerprint density at radius 1 is 1.07 bits per heavy atom. The Labute approximate surface area is 175 Å². The number of hydrogen-bond donors (Lipinski definition) is 0. The average molecular weight is 460 g/mol. The number of hydrogen-bond acceptors (Lipinski definition) is 6. The van der Waals surface area contributed by atoms with Crippen molar-refractivity contribution in [2.45, 2.75) is 24.9 Å². The predicted molar refractivity (Wildman–Crippen MR) is 105 cm³/mol. The highest BCUT2D eigenvalue weighted by atomic mass is 35.5. The topological polar surface area (TPSA) is 80.5 Å². The lowest BCUT2D eigenvalue weighted by Crippen LogP contribution is -2.35. The van der Waals surface area contributed by atoms with Crippen LogP contribution in [0.5, 0.6) is 0 Å². The number of aromatic nitrogens is 4. The summed E-state index contributed by atoms with van der Waals surface area (Å²) in [6.45, 7) is 3.12. The van der Waals surface area contributed by atoms with Gasteiger partial charge in [0.25, 0.3) is 10.9 Å². The predicted octanol–water partition coefficient (Wildman–Crippen LogP) is 3.50. The molecule has 7 nitrogen and oxygen atoms in total. The third-order valence-corrected chi connectivity index (χ3v) is 6.18. The minimum Gasteiger partial charge on any atom is -0.356 e. The van der Waals surface area contributed by atoms with Gasteiger partial charge in [-0.2, -0.15) is 14.5 Å². The minimum atomic E-state index is -3.78. The Morgan fingerprint density at radius 2 is 1.67 bits per heavy atom. The first-order valence-corrected chi connectivity index (χ1v) is 11.4. The highest BCUT2D eigenvalue weighted by molar-refractivity contribution is 7.90. The van der Waals surface area contributed by atoms with Gasteiger partial charge in [-0.05, 0) is 18.8 Å². The first kappa shape index (κ1) is 20.9. The number of piperidine rings is 1. The molecule has 12 heteroatoms. The number of nitrogens with zero attached hydrogens (tertiary/aromatic N) is 5. The van der Waals surface area contributed by atoms with Crippen LogP contribution in [0, 0.1) is 23.4 Å². The number of anilines is 1. The van der Waals surface area contributed by atoms with Crippen LogP contribution < -0.4 is 4.90 Å². The van der Waals surface area contributed by atoms with Crippen molar-refractivity contribution in [1.29, 1.82) is 0 Å². The van der Waals surface area contributed by atoms with E-state index in [4.69, 9.17) is 11.6 Å². The second-order valence-corrected chi connectivity index (χ2v) is 9.66. The molecule has 30 heavy (non-hydrogen) atoms. The number of fused-ring (bicyclic) bond motifs is 1. The van der Waals surface area contributed by atoms with Crippen molar-refractivity contribution >= 4 is 33.0 Å². The summed E-state index contributed by atoms with van der Waals surface area (Å²) < 4.78 is 67.8. The standard InChI is InChI=1S/C18H17ClF3N5O2S/c1-9-3-5-26(6-4-9)16-14(13-11(21)7-10(20)8-12(13)22)15(19)23-17-24-18(25-27(16)17)30(2,28)29/h7-9H,3-6H2,1-2H3. The molecule has 0 amide bonds. The monoisotopic (exact) mass is 459 g/mol. The van der Waals surface area contributed by atoms with Gasteiger partial charge < -0.3 is 4.90 Å². The maximum Gasteiger partial charge on any atom is 0.268 e. The molecule has 2 aromatic heterocycles. The molecule has 0 spiro atoms. The molecule has 3 aromatic rings. The Morgan fingerprint density at radius 3 is 2.23 bits per heavy atom. The lowest BCUT2D eigenvalue weighted by molar-refractivity contribution is 0.435. The fourth-order valence-electron chi connectivity index (χ4n) is 3.51. The highest BCUT2D eigenvalue weighted by Gasteiger charge is 2.30. The van der Waals surface area contributed by atoms with E-state index in [1.54, 1.807) is 4.90 Å². The maximum absolute atomic E-state index is 14.7. The number of halogens is 4. The molecule has 0 unspecified atom stereocenters. The molecule has 1 aliphatic rings. The van der Waals surface area contributed by atoms with E-state index in [2.05, 4.69) is 22.0 Å². The molecule has 0 radical (unpaired) electrons. The molecule has 0 atom stereocenters. The van der Waals surface area contributed by atoms with E-state index in [1.807, 2.05) is 0 Å². The first-order valence-electron chi connectivity index (χ1n) is 9.12. The van der Waals surface area contributed by atoms with Crippen molar-refractivity contribution in [2.75, 3.05) is 24.2 Å². The summed E-state index contributed by atoms with van der Waals surface area (Å²) in [5.41, 5.74) is -0.709. The first-order chi connectivity index (χ1) is 14.1. The molecule has 0 aliphatic carbocycles. The van der Waals surface area contributed by atoms with E-state index >= 15 is 0 Å². The highest BCUT2D eigenvalue weighted by Crippen LogP contribution is 2.40. The molecule has 0 N–H and O–H groups in total. The van der Waals surface area contributed by atoms with Crippen LogP contribution in [0.15, 0.2) is 17.3 Å². The summed E-state index contributed by atoms with van der Waals surface area (Å²) in [5.74, 6) is -2.92. The summed E-state index contributed by atoms with van der Waals surface area (Å²) in [6, 6.07) is 1.09. The smallest absolute Gasteiger partial charge is 0.268 e. The Kier molecular flexibility index (Phi) is 5.13. The van der Waals surface area contributed by atoms with Gasteiger partial charge in [0.15, 0.2) is 0 Å². The van der Waals surface area contributed by atoms with Crippen LogP contribution in [-0.2, 0) is 9.84 Å². The average Bonchev–Trinajstić information content (AvgIpc) is 3.06. The minimum absolute atomic E-state index is 0.124. The van der Waals surface area contributed by atoms with E-state index in [9.17, 15) is 21.6 Å². The Hall–Kier alpha value is -2.40. The van der Waals surface area contributed by atoms with Gasteiger partial charge in [0, 0.05) is 31.5 Å². The summed E-state index contributed by atoms with van der Waals surface area (Å²) >= 11 is 6.30. The van der Waals surface area contributed by atoms with Crippen LogP contribution in [0.1, 0.15) is 19.8 Å². The molecule has 4 rings (SSSR count). The van der Waals surface area contributed by atoms with Gasteiger partial charge in [-0.1, -0.05) is 18.5 Å². The van der Waals surface area contributed by atoms with Gasteiger partial charge in [-0.3, -0.25) is 0 Å². The van der Waals surface area contributed by atoms with Gasteiger partial charge in [0.1, 0.15) is 28.4 Å². The van der Waals surface area contributed by atoms with Gasteiger partial charge in [-0.25, -0.2) is 21.6 Å². The summed E-state index contributed by atoms with van der Waals surface area (Å²) in [7, 11) is -3.78. The van der Waals surface area contributed by atoms with Crippen LogP contribution >= 0.6 is 11.6 Å². The van der Waals surface area contributed by atoms with E-state index in [1.165, 1.54) is 0 Å². The van der Waals surface area contributed by atoms with Crippen LogP contribution in [-0.4, -0.2) is 47.3 Å². The molecule has 1 aliphatic heterocycles. The zero-order valence-electron chi connectivity index (χ0n) is 16.0. The van der Waals surface area contributed by atoms with Gasteiger partial charge in [0.2, 0.25) is 9.84 Å². The van der Waals surface area contributed by atoms with Crippen molar-refractivity contribution in [3.05, 3.63) is 34.7 Å². The van der Waals surface area contributed by atoms with Crippen LogP contribution in [0.25, 0.3) is 16.9 Å². The van der Waals surface area contributed by atoms with Crippen molar-refractivity contribution < 1.29 is 21.6 Å². The van der Waals surface area contributed by atoms with Crippen molar-refractivity contribution in [1.82, 2.24) is 19.6 Å². The SMILES string of the molecule is CC1CCN(c2c(-c3c(F)cc(F)cc3F)c(Cl)nc3nc(S(C)(=O)=O)nn23)CC1. The van der Waals surface area contributed by atoms with E-state index < -0.39 is 38.0 Å². The maximum atomic E-state index is 14.7. The van der Waals surface area contributed by atoms with Gasteiger partial charge >= 0.3 is 0 Å². The van der Waals surface area contributed by atoms with Crippen LogP contribution in [0.3, 0.4) is 0 Å². The number of benzene rings is 1. The summed E-state index contributed by atoms with van der Waals surface area (Å²) in [6.07, 6.45) is 2.53. The third kappa shape index (κ3) is 3.60. The molecule has 1 aromatic carbocycles.